The number of hydrogen-bond donors (Lipinski definition) is 1. The fraction of sp³-hybridized carbons (Fsp3) is 0.167. The lowest BCUT2D eigenvalue weighted by molar-refractivity contribution is 0.171. The molecule has 0 atom stereocenters. The first-order valence-electron chi connectivity index (χ1n) is 5.57. The highest BCUT2D eigenvalue weighted by atomic mass is 79.9. The molecule has 0 radical (unpaired) electrons. The summed E-state index contributed by atoms with van der Waals surface area (Å²) in [6.07, 6.45) is 1.59. The van der Waals surface area contributed by atoms with Crippen LogP contribution < -0.4 is 14.8 Å². The molecule has 0 saturated heterocycles. The summed E-state index contributed by atoms with van der Waals surface area (Å²) in [5.41, 5.74) is 0.833. The highest BCUT2D eigenvalue weighted by molar-refractivity contribution is 9.10. The summed E-state index contributed by atoms with van der Waals surface area (Å²) in [5, 5.41) is 3.33. The van der Waals surface area contributed by atoms with Crippen LogP contribution in [0.3, 0.4) is 0 Å². The molecule has 5 nitrogen and oxygen atoms in total. The van der Waals surface area contributed by atoms with Crippen LogP contribution in [0.2, 0.25) is 5.28 Å². The molecule has 7 heteroatoms. The summed E-state index contributed by atoms with van der Waals surface area (Å²) in [6, 6.07) is 5.60. The van der Waals surface area contributed by atoms with Gasteiger partial charge in [-0.1, -0.05) is 0 Å². The van der Waals surface area contributed by atoms with Gasteiger partial charge in [0.1, 0.15) is 19.0 Å². The summed E-state index contributed by atoms with van der Waals surface area (Å²) in [6.45, 7) is 1.13. The number of aromatic nitrogens is 2. The molecule has 0 amide bonds. The third-order valence-electron chi connectivity index (χ3n) is 2.52. The van der Waals surface area contributed by atoms with Gasteiger partial charge >= 0.3 is 0 Å². The van der Waals surface area contributed by atoms with Crippen LogP contribution in [0.25, 0.3) is 0 Å². The Labute approximate surface area is 123 Å². The lowest BCUT2D eigenvalue weighted by atomic mass is 10.2. The number of fused-ring (bicyclic) bond motifs is 1. The zero-order valence-corrected chi connectivity index (χ0v) is 12.0. The van der Waals surface area contributed by atoms with Gasteiger partial charge in [0.25, 0.3) is 0 Å². The molecule has 0 unspecified atom stereocenters. The molecule has 1 aromatic heterocycles. The Balaban J connectivity index is 1.89. The van der Waals surface area contributed by atoms with Crippen molar-refractivity contribution >= 4 is 39.0 Å². The van der Waals surface area contributed by atoms with Crippen molar-refractivity contribution in [2.24, 2.45) is 0 Å². The van der Waals surface area contributed by atoms with Crippen molar-refractivity contribution in [3.05, 3.63) is 34.2 Å². The summed E-state index contributed by atoms with van der Waals surface area (Å²) in [4.78, 5) is 7.98. The SMILES string of the molecule is Clc1ncc(Br)c(Nc2ccc3c(c2)OCCO3)n1. The van der Waals surface area contributed by atoms with Crippen LogP contribution in [-0.2, 0) is 0 Å². The van der Waals surface area contributed by atoms with Gasteiger partial charge in [0.05, 0.1) is 4.47 Å². The molecule has 1 aliphatic heterocycles. The number of hydrogen-bond acceptors (Lipinski definition) is 5. The quantitative estimate of drug-likeness (QED) is 0.848. The van der Waals surface area contributed by atoms with Crippen LogP contribution in [0.15, 0.2) is 28.9 Å². The van der Waals surface area contributed by atoms with Gasteiger partial charge in [-0.05, 0) is 39.7 Å². The van der Waals surface area contributed by atoms with Gasteiger partial charge in [0, 0.05) is 18.0 Å². The summed E-state index contributed by atoms with van der Waals surface area (Å²) in [7, 11) is 0. The molecule has 0 bridgehead atoms. The molecule has 2 aromatic rings. The van der Waals surface area contributed by atoms with E-state index in [1.54, 1.807) is 6.20 Å². The minimum Gasteiger partial charge on any atom is -0.486 e. The van der Waals surface area contributed by atoms with E-state index in [1.165, 1.54) is 0 Å². The second kappa shape index (κ2) is 5.22. The standard InChI is InChI=1S/C12H9BrClN3O2/c13-8-6-15-12(14)17-11(8)16-7-1-2-9-10(5-7)19-4-3-18-9/h1-2,5-6H,3-4H2,(H,15,16,17). The van der Waals surface area contributed by atoms with Crippen LogP contribution in [0.4, 0.5) is 11.5 Å². The smallest absolute Gasteiger partial charge is 0.224 e. The lowest BCUT2D eigenvalue weighted by Crippen LogP contribution is -2.15. The largest absolute Gasteiger partial charge is 0.486 e. The first kappa shape index (κ1) is 12.5. The van der Waals surface area contributed by atoms with Crippen LogP contribution in [0, 0.1) is 0 Å². The summed E-state index contributed by atoms with van der Waals surface area (Å²) >= 11 is 9.13. The van der Waals surface area contributed by atoms with E-state index < -0.39 is 0 Å². The average Bonchev–Trinajstić information content (AvgIpc) is 2.43. The fourth-order valence-electron chi connectivity index (χ4n) is 1.69. The Hall–Kier alpha value is -1.53. The predicted molar refractivity (Wildman–Crippen MR) is 75.5 cm³/mol. The molecule has 0 spiro atoms. The molecule has 1 aliphatic rings. The van der Waals surface area contributed by atoms with Crippen molar-refractivity contribution in [3.63, 3.8) is 0 Å². The maximum absolute atomic E-state index is 5.77. The first-order valence-corrected chi connectivity index (χ1v) is 6.74. The van der Waals surface area contributed by atoms with E-state index in [1.807, 2.05) is 18.2 Å². The highest BCUT2D eigenvalue weighted by Gasteiger charge is 2.12. The summed E-state index contributed by atoms with van der Waals surface area (Å²) in [5.74, 6) is 2.06. The predicted octanol–water partition coefficient (Wildman–Crippen LogP) is 3.41. The van der Waals surface area contributed by atoms with Crippen molar-refractivity contribution < 1.29 is 9.47 Å². The Morgan fingerprint density at radius 3 is 2.84 bits per heavy atom. The van der Waals surface area contributed by atoms with Crippen LogP contribution in [0.1, 0.15) is 0 Å². The number of ether oxygens (including phenoxy) is 2. The second-order valence-corrected chi connectivity index (χ2v) is 5.01. The van der Waals surface area contributed by atoms with E-state index in [0.717, 1.165) is 15.9 Å². The minimum absolute atomic E-state index is 0.184. The van der Waals surface area contributed by atoms with E-state index in [4.69, 9.17) is 21.1 Å². The van der Waals surface area contributed by atoms with Crippen LogP contribution in [0.5, 0.6) is 11.5 Å². The third kappa shape index (κ3) is 2.74. The average molecular weight is 343 g/mol. The van der Waals surface area contributed by atoms with E-state index in [0.29, 0.717) is 24.8 Å². The molecule has 0 fully saturated rings. The van der Waals surface area contributed by atoms with Crippen molar-refractivity contribution in [3.8, 4) is 11.5 Å². The van der Waals surface area contributed by atoms with Gasteiger partial charge in [-0.2, -0.15) is 4.98 Å². The van der Waals surface area contributed by atoms with Crippen molar-refractivity contribution in [1.29, 1.82) is 0 Å². The molecule has 1 N–H and O–H groups in total. The molecular formula is C12H9BrClN3O2. The molecular weight excluding hydrogens is 334 g/mol. The molecule has 19 heavy (non-hydrogen) atoms. The van der Waals surface area contributed by atoms with Gasteiger partial charge in [0.2, 0.25) is 5.28 Å². The highest BCUT2D eigenvalue weighted by Crippen LogP contribution is 2.34. The van der Waals surface area contributed by atoms with Crippen molar-refractivity contribution in [1.82, 2.24) is 9.97 Å². The van der Waals surface area contributed by atoms with E-state index >= 15 is 0 Å². The zero-order chi connectivity index (χ0) is 13.2. The monoisotopic (exact) mass is 341 g/mol. The van der Waals surface area contributed by atoms with Gasteiger partial charge in [-0.25, -0.2) is 4.98 Å². The fourth-order valence-corrected chi connectivity index (χ4v) is 2.11. The second-order valence-electron chi connectivity index (χ2n) is 3.82. The molecule has 1 aromatic carbocycles. The minimum atomic E-state index is 0.184. The summed E-state index contributed by atoms with van der Waals surface area (Å²) < 4.78 is 11.7. The van der Waals surface area contributed by atoms with E-state index in [2.05, 4.69) is 31.2 Å². The Morgan fingerprint density at radius 2 is 2.00 bits per heavy atom. The molecule has 2 heterocycles. The number of nitrogens with zero attached hydrogens (tertiary/aromatic N) is 2. The third-order valence-corrected chi connectivity index (χ3v) is 3.28. The van der Waals surface area contributed by atoms with Crippen molar-refractivity contribution in [2.45, 2.75) is 0 Å². The normalized spacial score (nSPS) is 13.2. The molecule has 3 rings (SSSR count). The number of halogens is 2. The van der Waals surface area contributed by atoms with Gasteiger partial charge < -0.3 is 14.8 Å². The van der Waals surface area contributed by atoms with Crippen LogP contribution in [-0.4, -0.2) is 23.2 Å². The lowest BCUT2D eigenvalue weighted by Gasteiger charge is -2.19. The van der Waals surface area contributed by atoms with Gasteiger partial charge in [-0.3, -0.25) is 0 Å². The Kier molecular flexibility index (Phi) is 3.44. The topological polar surface area (TPSA) is 56.3 Å². The van der Waals surface area contributed by atoms with E-state index in [9.17, 15) is 0 Å². The van der Waals surface area contributed by atoms with Crippen molar-refractivity contribution in [2.75, 3.05) is 18.5 Å². The maximum Gasteiger partial charge on any atom is 0.224 e. The Morgan fingerprint density at radius 1 is 1.21 bits per heavy atom. The number of rotatable bonds is 2. The number of anilines is 2. The van der Waals surface area contributed by atoms with E-state index in [-0.39, 0.29) is 5.28 Å². The van der Waals surface area contributed by atoms with Gasteiger partial charge in [-0.15, -0.1) is 0 Å². The van der Waals surface area contributed by atoms with Gasteiger partial charge in [0.15, 0.2) is 11.5 Å². The molecule has 0 aliphatic carbocycles. The number of benzene rings is 1. The zero-order valence-electron chi connectivity index (χ0n) is 9.69. The Bertz CT molecular complexity index is 624. The first-order chi connectivity index (χ1) is 9.22. The maximum atomic E-state index is 5.77. The molecule has 98 valence electrons. The molecule has 0 saturated carbocycles. The van der Waals surface area contributed by atoms with Crippen LogP contribution >= 0.6 is 27.5 Å². The number of nitrogens with one attached hydrogen (secondary N) is 1.